The van der Waals surface area contributed by atoms with Crippen LogP contribution in [-0.4, -0.2) is 15.8 Å². The Morgan fingerprint density at radius 3 is 2.55 bits per heavy atom. The molecule has 144 valence electrons. The van der Waals surface area contributed by atoms with Crippen molar-refractivity contribution in [1.82, 2.24) is 9.97 Å². The first-order valence-corrected chi connectivity index (χ1v) is 9.21. The van der Waals surface area contributed by atoms with Crippen LogP contribution in [0.4, 0.5) is 21.8 Å². The Hall–Kier alpha value is -3.80. The molecule has 0 saturated carbocycles. The number of hydrogen-bond acceptors (Lipinski definition) is 5. The minimum absolute atomic E-state index is 0.00488. The predicted molar refractivity (Wildman–Crippen MR) is 113 cm³/mol. The van der Waals surface area contributed by atoms with Crippen LogP contribution in [0.2, 0.25) is 0 Å². The molecule has 0 atom stereocenters. The molecule has 4 rings (SSSR count). The number of rotatable bonds is 6. The second-order valence-corrected chi connectivity index (χ2v) is 6.65. The Morgan fingerprint density at radius 1 is 0.966 bits per heavy atom. The SMILES string of the molecule is CC(=O)c1cccc(Nc2nc(NCc3ccc(F)cc3)c3ccccc3n2)c1. The van der Waals surface area contributed by atoms with Gasteiger partial charge in [-0.2, -0.15) is 4.98 Å². The van der Waals surface area contributed by atoms with Crippen molar-refractivity contribution in [3.63, 3.8) is 0 Å². The molecule has 0 fully saturated rings. The lowest BCUT2D eigenvalue weighted by Gasteiger charge is -2.12. The summed E-state index contributed by atoms with van der Waals surface area (Å²) in [5.74, 6) is 0.825. The van der Waals surface area contributed by atoms with Gasteiger partial charge in [0.2, 0.25) is 5.95 Å². The van der Waals surface area contributed by atoms with Crippen LogP contribution in [0.3, 0.4) is 0 Å². The van der Waals surface area contributed by atoms with Crippen molar-refractivity contribution in [2.45, 2.75) is 13.5 Å². The van der Waals surface area contributed by atoms with Crippen molar-refractivity contribution in [2.24, 2.45) is 0 Å². The number of hydrogen-bond donors (Lipinski definition) is 2. The zero-order chi connectivity index (χ0) is 20.2. The summed E-state index contributed by atoms with van der Waals surface area (Å²) in [5.41, 5.74) is 3.08. The summed E-state index contributed by atoms with van der Waals surface area (Å²) in [5, 5.41) is 7.37. The lowest BCUT2D eigenvalue weighted by molar-refractivity contribution is 0.101. The number of carbonyl (C=O) groups excluding carboxylic acids is 1. The number of anilines is 3. The van der Waals surface area contributed by atoms with Gasteiger partial charge < -0.3 is 10.6 Å². The van der Waals surface area contributed by atoms with E-state index in [4.69, 9.17) is 0 Å². The Labute approximate surface area is 167 Å². The molecular formula is C23H19FN4O. The van der Waals surface area contributed by atoms with Crippen molar-refractivity contribution < 1.29 is 9.18 Å². The van der Waals surface area contributed by atoms with Gasteiger partial charge in [0, 0.05) is 23.2 Å². The highest BCUT2D eigenvalue weighted by molar-refractivity contribution is 5.95. The average molecular weight is 386 g/mol. The number of nitrogens with zero attached hydrogens (tertiary/aromatic N) is 2. The summed E-state index contributed by atoms with van der Waals surface area (Å²) in [7, 11) is 0. The van der Waals surface area contributed by atoms with Gasteiger partial charge in [-0.25, -0.2) is 9.37 Å². The lowest BCUT2D eigenvalue weighted by atomic mass is 10.1. The molecule has 1 aromatic heterocycles. The van der Waals surface area contributed by atoms with E-state index < -0.39 is 0 Å². The first-order valence-electron chi connectivity index (χ1n) is 9.21. The quantitative estimate of drug-likeness (QED) is 0.439. The van der Waals surface area contributed by atoms with Crippen molar-refractivity contribution in [2.75, 3.05) is 10.6 Å². The monoisotopic (exact) mass is 386 g/mol. The maximum atomic E-state index is 13.1. The van der Waals surface area contributed by atoms with Crippen LogP contribution < -0.4 is 10.6 Å². The van der Waals surface area contributed by atoms with Gasteiger partial charge in [0.05, 0.1) is 5.52 Å². The van der Waals surface area contributed by atoms with Gasteiger partial charge in [0.15, 0.2) is 5.78 Å². The third kappa shape index (κ3) is 4.38. The van der Waals surface area contributed by atoms with Gasteiger partial charge in [-0.1, -0.05) is 36.4 Å². The second kappa shape index (κ2) is 8.06. The highest BCUT2D eigenvalue weighted by Crippen LogP contribution is 2.24. The van der Waals surface area contributed by atoms with Crippen molar-refractivity contribution in [3.8, 4) is 0 Å². The first kappa shape index (κ1) is 18.6. The van der Waals surface area contributed by atoms with Gasteiger partial charge >= 0.3 is 0 Å². The standard InChI is InChI=1S/C23H19FN4O/c1-15(29)17-5-4-6-19(13-17)26-23-27-21-8-3-2-7-20(21)22(28-23)25-14-16-9-11-18(24)12-10-16/h2-13H,14H2,1H3,(H2,25,26,27,28). The van der Waals surface area contributed by atoms with Gasteiger partial charge in [-0.15, -0.1) is 0 Å². The van der Waals surface area contributed by atoms with E-state index in [9.17, 15) is 9.18 Å². The minimum Gasteiger partial charge on any atom is -0.365 e. The Balaban J connectivity index is 1.64. The number of carbonyl (C=O) groups is 1. The summed E-state index contributed by atoms with van der Waals surface area (Å²) < 4.78 is 13.1. The Morgan fingerprint density at radius 2 is 1.76 bits per heavy atom. The predicted octanol–water partition coefficient (Wildman–Crippen LogP) is 5.33. The minimum atomic E-state index is -0.263. The van der Waals surface area contributed by atoms with Crippen molar-refractivity contribution >= 4 is 34.1 Å². The molecule has 5 nitrogen and oxygen atoms in total. The maximum Gasteiger partial charge on any atom is 0.229 e. The smallest absolute Gasteiger partial charge is 0.229 e. The molecule has 4 aromatic rings. The number of ketones is 1. The number of Topliss-reactive ketones (excluding diaryl/α,β-unsaturated/α-hetero) is 1. The van der Waals surface area contributed by atoms with Gasteiger partial charge in [0.1, 0.15) is 11.6 Å². The molecule has 6 heteroatoms. The highest BCUT2D eigenvalue weighted by atomic mass is 19.1. The summed E-state index contributed by atoms with van der Waals surface area (Å²) in [6, 6.07) is 21.3. The Kier molecular flexibility index (Phi) is 5.16. The average Bonchev–Trinajstić information content (AvgIpc) is 2.73. The molecule has 0 aliphatic carbocycles. The van der Waals surface area contributed by atoms with Crippen LogP contribution in [0.5, 0.6) is 0 Å². The third-order valence-corrected chi connectivity index (χ3v) is 4.50. The highest BCUT2D eigenvalue weighted by Gasteiger charge is 2.09. The molecule has 3 aromatic carbocycles. The fraction of sp³-hybridized carbons (Fsp3) is 0.0870. The van der Waals surface area contributed by atoms with Crippen LogP contribution in [0, 0.1) is 5.82 Å². The zero-order valence-electron chi connectivity index (χ0n) is 15.8. The summed E-state index contributed by atoms with van der Waals surface area (Å²) in [6.45, 7) is 2.03. The number of halogens is 1. The molecule has 1 heterocycles. The normalized spacial score (nSPS) is 10.7. The molecule has 0 amide bonds. The van der Waals surface area contributed by atoms with E-state index in [2.05, 4.69) is 20.6 Å². The largest absolute Gasteiger partial charge is 0.365 e. The van der Waals surface area contributed by atoms with Crippen LogP contribution in [0.25, 0.3) is 10.9 Å². The molecule has 0 aliphatic heterocycles. The zero-order valence-corrected chi connectivity index (χ0v) is 15.8. The topological polar surface area (TPSA) is 66.9 Å². The molecule has 0 saturated heterocycles. The van der Waals surface area contributed by atoms with Crippen molar-refractivity contribution in [1.29, 1.82) is 0 Å². The third-order valence-electron chi connectivity index (χ3n) is 4.50. The number of fused-ring (bicyclic) bond motifs is 1. The number of aromatic nitrogens is 2. The molecule has 29 heavy (non-hydrogen) atoms. The van der Waals surface area contributed by atoms with E-state index in [-0.39, 0.29) is 11.6 Å². The van der Waals surface area contributed by atoms with E-state index in [1.54, 1.807) is 24.3 Å². The van der Waals surface area contributed by atoms with Crippen LogP contribution in [-0.2, 0) is 6.54 Å². The lowest BCUT2D eigenvalue weighted by Crippen LogP contribution is -2.06. The molecule has 0 unspecified atom stereocenters. The van der Waals surface area contributed by atoms with Gasteiger partial charge in [-0.05, 0) is 48.9 Å². The summed E-state index contributed by atoms with van der Waals surface area (Å²) in [4.78, 5) is 20.8. The summed E-state index contributed by atoms with van der Waals surface area (Å²) in [6.07, 6.45) is 0. The van der Waals surface area contributed by atoms with Crippen LogP contribution in [0.1, 0.15) is 22.8 Å². The van der Waals surface area contributed by atoms with Crippen LogP contribution >= 0.6 is 0 Å². The fourth-order valence-corrected chi connectivity index (χ4v) is 3.00. The summed E-state index contributed by atoms with van der Waals surface area (Å²) >= 11 is 0. The second-order valence-electron chi connectivity index (χ2n) is 6.65. The number of para-hydroxylation sites is 1. The first-order chi connectivity index (χ1) is 14.1. The molecule has 0 bridgehead atoms. The molecule has 0 spiro atoms. The van der Waals surface area contributed by atoms with Gasteiger partial charge in [-0.3, -0.25) is 4.79 Å². The van der Waals surface area contributed by atoms with E-state index in [1.807, 2.05) is 36.4 Å². The van der Waals surface area contributed by atoms with Crippen LogP contribution in [0.15, 0.2) is 72.8 Å². The van der Waals surface area contributed by atoms with E-state index in [0.29, 0.717) is 23.9 Å². The fourth-order valence-electron chi connectivity index (χ4n) is 3.00. The molecule has 2 N–H and O–H groups in total. The van der Waals surface area contributed by atoms with E-state index >= 15 is 0 Å². The van der Waals surface area contributed by atoms with E-state index in [1.165, 1.54) is 19.1 Å². The van der Waals surface area contributed by atoms with Crippen molar-refractivity contribution in [3.05, 3.63) is 89.7 Å². The van der Waals surface area contributed by atoms with Gasteiger partial charge in [0.25, 0.3) is 0 Å². The maximum absolute atomic E-state index is 13.1. The molecule has 0 radical (unpaired) electrons. The molecular weight excluding hydrogens is 367 g/mol. The number of nitrogens with one attached hydrogen (secondary N) is 2. The molecule has 0 aliphatic rings. The number of benzene rings is 3. The van der Waals surface area contributed by atoms with E-state index in [0.717, 1.165) is 22.2 Å². The Bertz CT molecular complexity index is 1180.